The van der Waals surface area contributed by atoms with Gasteiger partial charge in [-0.05, 0) is 56.7 Å². The van der Waals surface area contributed by atoms with Crippen LogP contribution in [0.1, 0.15) is 28.4 Å². The second-order valence-electron chi connectivity index (χ2n) is 4.84. The van der Waals surface area contributed by atoms with E-state index >= 15 is 0 Å². The Kier molecular flexibility index (Phi) is 4.03. The minimum Gasteiger partial charge on any atom is -0.457 e. The van der Waals surface area contributed by atoms with E-state index in [1.165, 1.54) is 13.0 Å². The Bertz CT molecular complexity index is 705. The van der Waals surface area contributed by atoms with Crippen molar-refractivity contribution in [2.75, 3.05) is 0 Å². The molecule has 2 aromatic carbocycles. The zero-order valence-corrected chi connectivity index (χ0v) is 12.0. The minimum atomic E-state index is -0.430. The van der Waals surface area contributed by atoms with Gasteiger partial charge in [-0.15, -0.1) is 0 Å². The first kappa shape index (κ1) is 14.7. The molecule has 0 aliphatic rings. The third-order valence-electron chi connectivity index (χ3n) is 3.18. The van der Waals surface area contributed by atoms with Crippen molar-refractivity contribution in [3.8, 4) is 11.5 Å². The first-order valence-corrected chi connectivity index (χ1v) is 6.43. The maximum Gasteiger partial charge on any atom is 0.276 e. The van der Waals surface area contributed by atoms with E-state index in [9.17, 15) is 14.9 Å². The Hall–Kier alpha value is -2.69. The van der Waals surface area contributed by atoms with E-state index in [-0.39, 0.29) is 11.5 Å². The van der Waals surface area contributed by atoms with Gasteiger partial charge in [0.25, 0.3) is 5.69 Å². The lowest BCUT2D eigenvalue weighted by atomic mass is 10.1. The highest BCUT2D eigenvalue weighted by Crippen LogP contribution is 2.31. The van der Waals surface area contributed by atoms with Gasteiger partial charge in [0.1, 0.15) is 11.5 Å². The summed E-state index contributed by atoms with van der Waals surface area (Å²) >= 11 is 0. The molecule has 5 heteroatoms. The average molecular weight is 285 g/mol. The Balaban J connectivity index is 2.32. The van der Waals surface area contributed by atoms with Crippen LogP contribution in [0.3, 0.4) is 0 Å². The van der Waals surface area contributed by atoms with Gasteiger partial charge in [-0.2, -0.15) is 0 Å². The summed E-state index contributed by atoms with van der Waals surface area (Å²) < 4.78 is 5.67. The molecule has 0 bridgehead atoms. The number of nitro groups is 1. The minimum absolute atomic E-state index is 0.0240. The van der Waals surface area contributed by atoms with Crippen LogP contribution in [0.2, 0.25) is 0 Å². The normalized spacial score (nSPS) is 10.2. The van der Waals surface area contributed by atoms with Gasteiger partial charge in [0.05, 0.1) is 11.0 Å². The molecule has 0 atom stereocenters. The van der Waals surface area contributed by atoms with Crippen molar-refractivity contribution in [2.45, 2.75) is 20.8 Å². The maximum absolute atomic E-state index is 11.2. The van der Waals surface area contributed by atoms with Crippen molar-refractivity contribution in [1.82, 2.24) is 0 Å². The largest absolute Gasteiger partial charge is 0.457 e. The SMILES string of the molecule is CC(=O)c1ccc(Oc2cc([N+](=O)[O-])c(C)cc2C)cc1. The molecule has 0 aliphatic carbocycles. The second-order valence-corrected chi connectivity index (χ2v) is 4.84. The fourth-order valence-corrected chi connectivity index (χ4v) is 2.01. The van der Waals surface area contributed by atoms with Crippen molar-refractivity contribution < 1.29 is 14.5 Å². The third-order valence-corrected chi connectivity index (χ3v) is 3.18. The third kappa shape index (κ3) is 3.25. The molecule has 21 heavy (non-hydrogen) atoms. The predicted molar refractivity (Wildman–Crippen MR) is 79.1 cm³/mol. The number of benzene rings is 2. The zero-order valence-electron chi connectivity index (χ0n) is 12.0. The van der Waals surface area contributed by atoms with Crippen LogP contribution in [-0.4, -0.2) is 10.7 Å². The van der Waals surface area contributed by atoms with Crippen LogP contribution in [0.15, 0.2) is 36.4 Å². The van der Waals surface area contributed by atoms with Gasteiger partial charge in [-0.1, -0.05) is 0 Å². The van der Waals surface area contributed by atoms with Crippen molar-refractivity contribution in [1.29, 1.82) is 0 Å². The van der Waals surface area contributed by atoms with E-state index in [2.05, 4.69) is 0 Å². The van der Waals surface area contributed by atoms with Crippen molar-refractivity contribution in [3.63, 3.8) is 0 Å². The molecule has 108 valence electrons. The van der Waals surface area contributed by atoms with Crippen molar-refractivity contribution in [2.24, 2.45) is 0 Å². The Morgan fingerprint density at radius 2 is 1.71 bits per heavy atom. The van der Waals surface area contributed by atoms with Crippen molar-refractivity contribution in [3.05, 3.63) is 63.2 Å². The van der Waals surface area contributed by atoms with E-state index in [0.29, 0.717) is 22.6 Å². The number of nitrogens with zero attached hydrogens (tertiary/aromatic N) is 1. The van der Waals surface area contributed by atoms with Crippen molar-refractivity contribution >= 4 is 11.5 Å². The van der Waals surface area contributed by atoms with Gasteiger partial charge in [-0.25, -0.2) is 0 Å². The molecular formula is C16H15NO4. The molecule has 0 saturated heterocycles. The maximum atomic E-state index is 11.2. The molecule has 2 aromatic rings. The van der Waals surface area contributed by atoms with Crippen LogP contribution in [0, 0.1) is 24.0 Å². The highest BCUT2D eigenvalue weighted by Gasteiger charge is 2.15. The number of carbonyl (C=O) groups excluding carboxylic acids is 1. The molecular weight excluding hydrogens is 270 g/mol. The Labute approximate surface area is 122 Å². The molecule has 2 rings (SSSR count). The summed E-state index contributed by atoms with van der Waals surface area (Å²) in [5.74, 6) is 0.938. The highest BCUT2D eigenvalue weighted by atomic mass is 16.6. The number of hydrogen-bond acceptors (Lipinski definition) is 4. The lowest BCUT2D eigenvalue weighted by Gasteiger charge is -2.10. The fourth-order valence-electron chi connectivity index (χ4n) is 2.01. The molecule has 0 radical (unpaired) electrons. The zero-order chi connectivity index (χ0) is 15.6. The molecule has 0 heterocycles. The molecule has 0 spiro atoms. The number of carbonyl (C=O) groups is 1. The molecule has 0 aliphatic heterocycles. The number of nitro benzene ring substituents is 1. The van der Waals surface area contributed by atoms with Crippen LogP contribution in [0.5, 0.6) is 11.5 Å². The van der Waals surface area contributed by atoms with Crippen LogP contribution in [-0.2, 0) is 0 Å². The van der Waals surface area contributed by atoms with E-state index in [1.54, 1.807) is 37.3 Å². The highest BCUT2D eigenvalue weighted by molar-refractivity contribution is 5.94. The number of rotatable bonds is 4. The van der Waals surface area contributed by atoms with E-state index in [1.807, 2.05) is 6.92 Å². The summed E-state index contributed by atoms with van der Waals surface area (Å²) in [4.78, 5) is 21.8. The van der Waals surface area contributed by atoms with Crippen LogP contribution >= 0.6 is 0 Å². The molecule has 0 saturated carbocycles. The Morgan fingerprint density at radius 3 is 2.24 bits per heavy atom. The quantitative estimate of drug-likeness (QED) is 0.479. The van der Waals surface area contributed by atoms with E-state index in [0.717, 1.165) is 5.56 Å². The summed E-state index contributed by atoms with van der Waals surface area (Å²) in [5, 5.41) is 11.0. The van der Waals surface area contributed by atoms with E-state index in [4.69, 9.17) is 4.74 Å². The molecule has 0 fully saturated rings. The number of hydrogen-bond donors (Lipinski definition) is 0. The van der Waals surface area contributed by atoms with Gasteiger partial charge in [0.15, 0.2) is 5.78 Å². The average Bonchev–Trinajstić information content (AvgIpc) is 2.42. The molecule has 0 aromatic heterocycles. The smallest absolute Gasteiger partial charge is 0.276 e. The summed E-state index contributed by atoms with van der Waals surface area (Å²) in [5.41, 5.74) is 2.02. The van der Waals surface area contributed by atoms with E-state index < -0.39 is 4.92 Å². The van der Waals surface area contributed by atoms with Gasteiger partial charge >= 0.3 is 0 Å². The number of ether oxygens (including phenoxy) is 1. The number of Topliss-reactive ketones (excluding diaryl/α,β-unsaturated/α-hetero) is 1. The summed E-state index contributed by atoms with van der Waals surface area (Å²) in [7, 11) is 0. The molecule has 0 amide bonds. The molecule has 5 nitrogen and oxygen atoms in total. The first-order valence-electron chi connectivity index (χ1n) is 6.43. The molecule has 0 N–H and O–H groups in total. The second kappa shape index (κ2) is 5.75. The van der Waals surface area contributed by atoms with Gasteiger partial charge in [-0.3, -0.25) is 14.9 Å². The van der Waals surface area contributed by atoms with Gasteiger partial charge < -0.3 is 4.74 Å². The van der Waals surface area contributed by atoms with Crippen LogP contribution in [0.4, 0.5) is 5.69 Å². The number of ketones is 1. The van der Waals surface area contributed by atoms with Crippen LogP contribution < -0.4 is 4.74 Å². The standard InChI is InChI=1S/C16H15NO4/c1-10-8-11(2)16(9-15(10)17(19)20)21-14-6-4-13(5-7-14)12(3)18/h4-9H,1-3H3. The van der Waals surface area contributed by atoms with Gasteiger partial charge in [0.2, 0.25) is 0 Å². The molecule has 0 unspecified atom stereocenters. The fraction of sp³-hybridized carbons (Fsp3) is 0.188. The summed E-state index contributed by atoms with van der Waals surface area (Å²) in [6, 6.07) is 9.80. The summed E-state index contributed by atoms with van der Waals surface area (Å²) in [6.07, 6.45) is 0. The van der Waals surface area contributed by atoms with Crippen LogP contribution in [0.25, 0.3) is 0 Å². The first-order chi connectivity index (χ1) is 9.88. The lowest BCUT2D eigenvalue weighted by Crippen LogP contribution is -1.96. The van der Waals surface area contributed by atoms with Gasteiger partial charge in [0, 0.05) is 11.1 Å². The predicted octanol–water partition coefficient (Wildman–Crippen LogP) is 4.21. The topological polar surface area (TPSA) is 69.4 Å². The summed E-state index contributed by atoms with van der Waals surface area (Å²) in [6.45, 7) is 5.01. The Morgan fingerprint density at radius 1 is 1.10 bits per heavy atom. The monoisotopic (exact) mass is 285 g/mol. The number of aryl methyl sites for hydroxylation is 2. The lowest BCUT2D eigenvalue weighted by molar-refractivity contribution is -0.385.